The van der Waals surface area contributed by atoms with Gasteiger partial charge in [-0.2, -0.15) is 0 Å². The van der Waals surface area contributed by atoms with Crippen LogP contribution in [0.1, 0.15) is 46.8 Å². The summed E-state index contributed by atoms with van der Waals surface area (Å²) in [4.78, 5) is 12.8. The van der Waals surface area contributed by atoms with Crippen LogP contribution in [0.5, 0.6) is 0 Å². The number of carbonyl (C=O) groups is 1. The highest BCUT2D eigenvalue weighted by atomic mass is 35.5. The number of hydrogen-bond acceptors (Lipinski definition) is 2. The minimum absolute atomic E-state index is 0.326. The van der Waals surface area contributed by atoms with E-state index in [-0.39, 0.29) is 11.3 Å². The lowest BCUT2D eigenvalue weighted by molar-refractivity contribution is -0.0109. The number of esters is 1. The van der Waals surface area contributed by atoms with E-state index in [1.165, 1.54) is 0 Å². The van der Waals surface area contributed by atoms with E-state index in [1.54, 1.807) is 12.1 Å². The molecule has 0 spiro atoms. The van der Waals surface area contributed by atoms with Crippen LogP contribution in [-0.4, -0.2) is 5.97 Å². The standard InChI is InChI=1S/C24H23ClO2/c1-24(2,21(25)18-12-6-3-7-13-18)22(19-14-8-4-9-15-19)27-23(26)20-16-10-5-11-17-20/h3-17,21-22H,1-2H3/t21-,22+/m1/s1. The highest BCUT2D eigenvalue weighted by Crippen LogP contribution is 2.49. The van der Waals surface area contributed by atoms with Crippen molar-refractivity contribution in [1.29, 1.82) is 0 Å². The molecule has 0 saturated heterocycles. The number of ether oxygens (including phenoxy) is 1. The normalized spacial score (nSPS) is 13.6. The first-order valence-electron chi connectivity index (χ1n) is 9.00. The van der Waals surface area contributed by atoms with Crippen molar-refractivity contribution in [2.45, 2.75) is 25.3 Å². The zero-order valence-corrected chi connectivity index (χ0v) is 16.3. The molecule has 0 N–H and O–H groups in total. The van der Waals surface area contributed by atoms with Gasteiger partial charge in [-0.25, -0.2) is 4.79 Å². The third-order valence-electron chi connectivity index (χ3n) is 4.76. The summed E-state index contributed by atoms with van der Waals surface area (Å²) in [5, 5.41) is -0.326. The molecule has 2 nitrogen and oxygen atoms in total. The molecule has 0 fully saturated rings. The van der Waals surface area contributed by atoms with Gasteiger partial charge in [-0.1, -0.05) is 92.7 Å². The molecule has 27 heavy (non-hydrogen) atoms. The van der Waals surface area contributed by atoms with Crippen LogP contribution in [0.25, 0.3) is 0 Å². The largest absolute Gasteiger partial charge is 0.453 e. The molecule has 138 valence electrons. The Morgan fingerprint density at radius 2 is 1.22 bits per heavy atom. The van der Waals surface area contributed by atoms with Crippen LogP contribution in [-0.2, 0) is 4.74 Å². The Labute approximate surface area is 165 Å². The van der Waals surface area contributed by atoms with Gasteiger partial charge in [0, 0.05) is 5.41 Å². The summed E-state index contributed by atoms with van der Waals surface area (Å²) in [5.74, 6) is -0.352. The molecule has 0 aliphatic carbocycles. The van der Waals surface area contributed by atoms with E-state index in [2.05, 4.69) is 0 Å². The van der Waals surface area contributed by atoms with Crippen molar-refractivity contribution < 1.29 is 9.53 Å². The molecule has 0 aliphatic rings. The number of benzene rings is 3. The Hall–Kier alpha value is -2.58. The van der Waals surface area contributed by atoms with Crippen LogP contribution in [0, 0.1) is 5.41 Å². The molecular formula is C24H23ClO2. The van der Waals surface area contributed by atoms with Gasteiger partial charge in [0.2, 0.25) is 0 Å². The zero-order valence-electron chi connectivity index (χ0n) is 15.5. The Morgan fingerprint density at radius 3 is 1.74 bits per heavy atom. The van der Waals surface area contributed by atoms with Crippen molar-refractivity contribution >= 4 is 17.6 Å². The van der Waals surface area contributed by atoms with Crippen LogP contribution in [0.4, 0.5) is 0 Å². The van der Waals surface area contributed by atoms with Crippen LogP contribution in [0.15, 0.2) is 91.0 Å². The summed E-state index contributed by atoms with van der Waals surface area (Å²) in [6.07, 6.45) is -0.492. The van der Waals surface area contributed by atoms with E-state index in [4.69, 9.17) is 16.3 Å². The molecule has 0 aromatic heterocycles. The highest BCUT2D eigenvalue weighted by molar-refractivity contribution is 6.21. The first-order valence-corrected chi connectivity index (χ1v) is 9.44. The molecule has 3 rings (SSSR count). The van der Waals surface area contributed by atoms with Crippen molar-refractivity contribution in [3.8, 4) is 0 Å². The van der Waals surface area contributed by atoms with Gasteiger partial charge < -0.3 is 4.74 Å². The van der Waals surface area contributed by atoms with E-state index in [0.29, 0.717) is 5.56 Å². The van der Waals surface area contributed by atoms with Gasteiger partial charge in [-0.15, -0.1) is 11.6 Å². The van der Waals surface area contributed by atoms with Crippen LogP contribution >= 0.6 is 11.6 Å². The quantitative estimate of drug-likeness (QED) is 0.357. The Balaban J connectivity index is 1.95. The van der Waals surface area contributed by atoms with Crippen LogP contribution in [0.3, 0.4) is 0 Å². The minimum atomic E-state index is -0.533. The number of halogens is 1. The molecule has 0 bridgehead atoms. The van der Waals surface area contributed by atoms with Gasteiger partial charge in [0.1, 0.15) is 6.10 Å². The third kappa shape index (κ3) is 4.40. The second kappa shape index (κ2) is 8.41. The smallest absolute Gasteiger partial charge is 0.338 e. The fourth-order valence-electron chi connectivity index (χ4n) is 3.21. The zero-order chi connectivity index (χ0) is 19.3. The maximum absolute atomic E-state index is 12.8. The molecule has 3 aromatic carbocycles. The monoisotopic (exact) mass is 378 g/mol. The van der Waals surface area contributed by atoms with Crippen LogP contribution < -0.4 is 0 Å². The first kappa shape index (κ1) is 19.2. The highest BCUT2D eigenvalue weighted by Gasteiger charge is 2.41. The molecule has 0 heterocycles. The Morgan fingerprint density at radius 1 is 0.778 bits per heavy atom. The van der Waals surface area contributed by atoms with Crippen molar-refractivity contribution in [2.75, 3.05) is 0 Å². The topological polar surface area (TPSA) is 26.3 Å². The summed E-state index contributed by atoms with van der Waals surface area (Å²) in [5.41, 5.74) is 1.92. The second-order valence-corrected chi connectivity index (χ2v) is 7.59. The predicted octanol–water partition coefficient (Wildman–Crippen LogP) is 6.59. The van der Waals surface area contributed by atoms with Crippen LogP contribution in [0.2, 0.25) is 0 Å². The average molecular weight is 379 g/mol. The number of hydrogen-bond donors (Lipinski definition) is 0. The van der Waals surface area contributed by atoms with E-state index in [9.17, 15) is 4.79 Å². The van der Waals surface area contributed by atoms with Gasteiger partial charge in [0.25, 0.3) is 0 Å². The Kier molecular flexibility index (Phi) is 5.98. The van der Waals surface area contributed by atoms with Crippen molar-refractivity contribution in [2.24, 2.45) is 5.41 Å². The lowest BCUT2D eigenvalue weighted by atomic mass is 9.77. The summed E-state index contributed by atoms with van der Waals surface area (Å²) in [6.45, 7) is 4.07. The lowest BCUT2D eigenvalue weighted by Gasteiger charge is -2.38. The SMILES string of the molecule is CC(C)([C@H](Cl)c1ccccc1)[C@@H](OC(=O)c1ccccc1)c1ccccc1. The fourth-order valence-corrected chi connectivity index (χ4v) is 3.47. The molecule has 0 saturated carbocycles. The predicted molar refractivity (Wildman–Crippen MR) is 110 cm³/mol. The third-order valence-corrected chi connectivity index (χ3v) is 5.57. The lowest BCUT2D eigenvalue weighted by Crippen LogP contribution is -2.31. The van der Waals surface area contributed by atoms with Gasteiger partial charge in [-0.05, 0) is 23.3 Å². The molecule has 0 amide bonds. The van der Waals surface area contributed by atoms with Gasteiger partial charge in [-0.3, -0.25) is 0 Å². The van der Waals surface area contributed by atoms with Crippen molar-refractivity contribution in [1.82, 2.24) is 0 Å². The van der Waals surface area contributed by atoms with E-state index < -0.39 is 11.5 Å². The van der Waals surface area contributed by atoms with Crippen molar-refractivity contribution in [3.05, 3.63) is 108 Å². The summed E-state index contributed by atoms with van der Waals surface area (Å²) in [6, 6.07) is 28.7. The minimum Gasteiger partial charge on any atom is -0.453 e. The summed E-state index contributed by atoms with van der Waals surface area (Å²) >= 11 is 6.88. The Bertz CT molecular complexity index is 861. The first-order chi connectivity index (χ1) is 13.0. The van der Waals surface area contributed by atoms with Gasteiger partial charge in [0.05, 0.1) is 10.9 Å². The molecule has 0 unspecified atom stereocenters. The second-order valence-electron chi connectivity index (χ2n) is 7.16. The maximum atomic E-state index is 12.8. The van der Waals surface area contributed by atoms with E-state index in [0.717, 1.165) is 11.1 Å². The average Bonchev–Trinajstić information content (AvgIpc) is 2.73. The molecule has 0 radical (unpaired) electrons. The molecule has 3 heteroatoms. The molecular weight excluding hydrogens is 356 g/mol. The van der Waals surface area contributed by atoms with E-state index in [1.807, 2.05) is 92.7 Å². The molecule has 0 aliphatic heterocycles. The fraction of sp³-hybridized carbons (Fsp3) is 0.208. The van der Waals surface area contributed by atoms with Crippen molar-refractivity contribution in [3.63, 3.8) is 0 Å². The molecule has 2 atom stereocenters. The molecule has 3 aromatic rings. The number of rotatable bonds is 6. The van der Waals surface area contributed by atoms with E-state index >= 15 is 0 Å². The number of alkyl halides is 1. The summed E-state index contributed by atoms with van der Waals surface area (Å²) < 4.78 is 6.01. The van der Waals surface area contributed by atoms with Gasteiger partial charge >= 0.3 is 5.97 Å². The van der Waals surface area contributed by atoms with Gasteiger partial charge in [0.15, 0.2) is 0 Å². The summed E-state index contributed by atoms with van der Waals surface area (Å²) in [7, 11) is 0. The number of carbonyl (C=O) groups excluding carboxylic acids is 1. The maximum Gasteiger partial charge on any atom is 0.338 e.